The fourth-order valence-electron chi connectivity index (χ4n) is 7.16. The molecule has 1 saturated heterocycles. The molecule has 210 valence electrons. The van der Waals surface area contributed by atoms with Crippen molar-refractivity contribution in [2.24, 2.45) is 11.8 Å². The topological polar surface area (TPSA) is 35.6 Å². The van der Waals surface area contributed by atoms with E-state index in [4.69, 9.17) is 0 Å². The maximum absolute atomic E-state index is 13.2. The second kappa shape index (κ2) is 11.1. The Morgan fingerprint density at radius 2 is 1.65 bits per heavy atom. The van der Waals surface area contributed by atoms with Gasteiger partial charge in [0.15, 0.2) is 0 Å². The van der Waals surface area contributed by atoms with Gasteiger partial charge in [0, 0.05) is 31.2 Å². The fraction of sp³-hybridized carbons (Fsp3) is 0.472. The van der Waals surface area contributed by atoms with Crippen LogP contribution in [0, 0.1) is 11.8 Å². The number of rotatable bonds is 9. The van der Waals surface area contributed by atoms with E-state index in [9.17, 15) is 4.79 Å². The van der Waals surface area contributed by atoms with Gasteiger partial charge in [-0.05, 0) is 116 Å². The summed E-state index contributed by atoms with van der Waals surface area (Å²) in [4.78, 5) is 18.1. The van der Waals surface area contributed by atoms with Crippen molar-refractivity contribution in [1.82, 2.24) is 15.1 Å². The molecule has 1 saturated carbocycles. The van der Waals surface area contributed by atoms with Gasteiger partial charge in [0.1, 0.15) is 0 Å². The standard InChI is InChI=1S/C36H45N3O/c1-25-34-22-31-15-16-32(21-33(31)36(25,2)18-20-39(34)24-28-5-6-28)35(40)37-19-17-26-7-11-29(12-8-26)30-13-9-27(10-14-30)23-38(3)4/h7-16,21,25,28,34H,5-6,17-20,22-24H2,1-4H3,(H,37,40). The number of hydrogen-bond donors (Lipinski definition) is 1. The Morgan fingerprint density at radius 3 is 2.30 bits per heavy atom. The number of carbonyl (C=O) groups excluding carboxylic acids is 1. The maximum Gasteiger partial charge on any atom is 0.251 e. The van der Waals surface area contributed by atoms with Gasteiger partial charge in [-0.15, -0.1) is 0 Å². The van der Waals surface area contributed by atoms with E-state index in [0.29, 0.717) is 18.5 Å². The predicted octanol–water partition coefficient (Wildman–Crippen LogP) is 6.32. The molecule has 1 N–H and O–H groups in total. The third kappa shape index (κ3) is 5.62. The first kappa shape index (κ1) is 27.2. The number of nitrogens with zero attached hydrogens (tertiary/aromatic N) is 2. The summed E-state index contributed by atoms with van der Waals surface area (Å²) in [6.45, 7) is 8.96. The largest absolute Gasteiger partial charge is 0.352 e. The van der Waals surface area contributed by atoms with E-state index in [1.54, 1.807) is 0 Å². The van der Waals surface area contributed by atoms with Crippen LogP contribution in [-0.2, 0) is 24.8 Å². The summed E-state index contributed by atoms with van der Waals surface area (Å²) in [5.74, 6) is 1.60. The second-order valence-corrected chi connectivity index (χ2v) is 13.2. The molecule has 6 rings (SSSR count). The highest BCUT2D eigenvalue weighted by atomic mass is 16.1. The molecule has 0 spiro atoms. The van der Waals surface area contributed by atoms with E-state index in [-0.39, 0.29) is 11.3 Å². The molecule has 4 nitrogen and oxygen atoms in total. The molecule has 4 heteroatoms. The number of benzene rings is 3. The molecule has 3 aliphatic rings. The van der Waals surface area contributed by atoms with Crippen LogP contribution >= 0.6 is 0 Å². The monoisotopic (exact) mass is 535 g/mol. The van der Waals surface area contributed by atoms with Gasteiger partial charge in [-0.2, -0.15) is 0 Å². The van der Waals surface area contributed by atoms with Crippen LogP contribution in [-0.4, -0.2) is 55.5 Å². The van der Waals surface area contributed by atoms with Crippen molar-refractivity contribution >= 4 is 5.91 Å². The van der Waals surface area contributed by atoms with Crippen molar-refractivity contribution in [2.75, 3.05) is 33.7 Å². The van der Waals surface area contributed by atoms with Crippen LogP contribution in [0.25, 0.3) is 11.1 Å². The average Bonchev–Trinajstić information content (AvgIpc) is 3.77. The third-order valence-corrected chi connectivity index (χ3v) is 10.0. The normalized spacial score (nSPS) is 24.1. The Bertz CT molecular complexity index is 1340. The number of amides is 1. The lowest BCUT2D eigenvalue weighted by molar-refractivity contribution is 0.0284. The number of hydrogen-bond acceptors (Lipinski definition) is 3. The molecule has 3 unspecified atom stereocenters. The lowest BCUT2D eigenvalue weighted by Crippen LogP contribution is -2.58. The molecule has 1 heterocycles. The SMILES string of the molecule is CC1C2Cc3ccc(C(=O)NCCc4ccc(-c5ccc(CN(C)C)cc5)cc4)cc3C1(C)CCN2CC1CC1. The Morgan fingerprint density at radius 1 is 0.975 bits per heavy atom. The lowest BCUT2D eigenvalue weighted by atomic mass is 9.59. The first-order chi connectivity index (χ1) is 19.3. The van der Waals surface area contributed by atoms with E-state index >= 15 is 0 Å². The summed E-state index contributed by atoms with van der Waals surface area (Å²) in [6, 6.07) is 24.7. The minimum absolute atomic E-state index is 0.0433. The Kier molecular flexibility index (Phi) is 7.58. The zero-order valence-corrected chi connectivity index (χ0v) is 24.7. The molecule has 2 bridgehead atoms. The fourth-order valence-corrected chi connectivity index (χ4v) is 7.16. The smallest absolute Gasteiger partial charge is 0.251 e. The highest BCUT2D eigenvalue weighted by Gasteiger charge is 2.49. The van der Waals surface area contributed by atoms with Crippen molar-refractivity contribution < 1.29 is 4.79 Å². The number of carbonyl (C=O) groups is 1. The van der Waals surface area contributed by atoms with Crippen molar-refractivity contribution in [1.29, 1.82) is 0 Å². The summed E-state index contributed by atoms with van der Waals surface area (Å²) in [7, 11) is 4.19. The van der Waals surface area contributed by atoms with Gasteiger partial charge in [0.05, 0.1) is 0 Å². The van der Waals surface area contributed by atoms with Crippen LogP contribution in [0.3, 0.4) is 0 Å². The molecular weight excluding hydrogens is 490 g/mol. The van der Waals surface area contributed by atoms with E-state index < -0.39 is 0 Å². The molecule has 3 aromatic rings. The Hall–Kier alpha value is -2.95. The number of likely N-dealkylation sites (tertiary alicyclic amines) is 1. The third-order valence-electron chi connectivity index (χ3n) is 10.0. The molecular formula is C36H45N3O. The number of nitrogens with one attached hydrogen (secondary N) is 1. The highest BCUT2D eigenvalue weighted by Crippen LogP contribution is 2.49. The van der Waals surface area contributed by atoms with E-state index in [0.717, 1.165) is 30.9 Å². The van der Waals surface area contributed by atoms with Crippen LogP contribution in [0.5, 0.6) is 0 Å². The molecule has 3 atom stereocenters. The molecule has 1 aliphatic heterocycles. The minimum atomic E-state index is 0.0433. The van der Waals surface area contributed by atoms with Crippen molar-refractivity contribution in [3.63, 3.8) is 0 Å². The van der Waals surface area contributed by atoms with Gasteiger partial charge in [0.2, 0.25) is 0 Å². The van der Waals surface area contributed by atoms with Gasteiger partial charge in [-0.1, -0.05) is 68.4 Å². The van der Waals surface area contributed by atoms with Crippen LogP contribution < -0.4 is 5.32 Å². The quantitative estimate of drug-likeness (QED) is 0.348. The zero-order chi connectivity index (χ0) is 27.9. The van der Waals surface area contributed by atoms with E-state index in [1.807, 2.05) is 6.07 Å². The maximum atomic E-state index is 13.2. The second-order valence-electron chi connectivity index (χ2n) is 13.2. The van der Waals surface area contributed by atoms with E-state index in [2.05, 4.69) is 104 Å². The summed E-state index contributed by atoms with van der Waals surface area (Å²) in [5, 5.41) is 3.19. The highest BCUT2D eigenvalue weighted by molar-refractivity contribution is 5.94. The number of piperidine rings is 1. The molecule has 0 radical (unpaired) electrons. The molecule has 3 aromatic carbocycles. The van der Waals surface area contributed by atoms with Crippen LogP contribution in [0.15, 0.2) is 66.7 Å². The van der Waals surface area contributed by atoms with Crippen molar-refractivity contribution in [3.05, 3.63) is 94.5 Å². The van der Waals surface area contributed by atoms with Crippen LogP contribution in [0.4, 0.5) is 0 Å². The molecule has 1 amide bonds. The Labute approximate surface area is 240 Å². The van der Waals surface area contributed by atoms with Crippen LogP contribution in [0.2, 0.25) is 0 Å². The van der Waals surface area contributed by atoms with Crippen LogP contribution in [0.1, 0.15) is 65.7 Å². The van der Waals surface area contributed by atoms with Gasteiger partial charge in [-0.25, -0.2) is 0 Å². The summed E-state index contributed by atoms with van der Waals surface area (Å²) in [6.07, 6.45) is 5.97. The van der Waals surface area contributed by atoms with E-state index in [1.165, 1.54) is 65.7 Å². The van der Waals surface area contributed by atoms with Gasteiger partial charge in [0.25, 0.3) is 5.91 Å². The number of fused-ring (bicyclic) bond motifs is 4. The average molecular weight is 536 g/mol. The first-order valence-corrected chi connectivity index (χ1v) is 15.3. The summed E-state index contributed by atoms with van der Waals surface area (Å²) in [5.41, 5.74) is 8.85. The zero-order valence-electron chi connectivity index (χ0n) is 24.7. The first-order valence-electron chi connectivity index (χ1n) is 15.3. The molecule has 0 aromatic heterocycles. The van der Waals surface area contributed by atoms with Crippen molar-refractivity contribution in [2.45, 2.75) is 64.0 Å². The summed E-state index contributed by atoms with van der Waals surface area (Å²) < 4.78 is 0. The van der Waals surface area contributed by atoms with Gasteiger partial charge >= 0.3 is 0 Å². The minimum Gasteiger partial charge on any atom is -0.352 e. The molecule has 2 fully saturated rings. The lowest BCUT2D eigenvalue weighted by Gasteiger charge is -2.55. The summed E-state index contributed by atoms with van der Waals surface area (Å²) >= 11 is 0. The molecule has 40 heavy (non-hydrogen) atoms. The molecule has 2 aliphatic carbocycles. The Balaban J connectivity index is 1.06. The van der Waals surface area contributed by atoms with Crippen molar-refractivity contribution in [3.8, 4) is 11.1 Å². The van der Waals surface area contributed by atoms with Gasteiger partial charge < -0.3 is 10.2 Å². The van der Waals surface area contributed by atoms with Gasteiger partial charge in [-0.3, -0.25) is 9.69 Å². The predicted molar refractivity (Wildman–Crippen MR) is 165 cm³/mol.